The van der Waals surface area contributed by atoms with Crippen LogP contribution in [0.1, 0.15) is 32.1 Å². The van der Waals surface area contributed by atoms with Crippen molar-refractivity contribution in [3.8, 4) is 0 Å². The van der Waals surface area contributed by atoms with Crippen molar-refractivity contribution in [2.45, 2.75) is 95.6 Å². The van der Waals surface area contributed by atoms with E-state index in [-0.39, 0.29) is 83.2 Å². The molecule has 274 valence electrons. The molecule has 6 aliphatic carbocycles. The third-order valence-electron chi connectivity index (χ3n) is 13.5. The van der Waals surface area contributed by atoms with Crippen LogP contribution in [-0.2, 0) is 51.2 Å². The molecule has 6 bridgehead atoms. The van der Waals surface area contributed by atoms with Gasteiger partial charge in [0, 0.05) is 0 Å². The van der Waals surface area contributed by atoms with E-state index in [0.29, 0.717) is 34.8 Å². The van der Waals surface area contributed by atoms with Crippen LogP contribution in [0, 0.1) is 71.0 Å². The smallest absolute Gasteiger partial charge is 0.318 e. The number of hydrogen-bond donors (Lipinski definition) is 0. The van der Waals surface area contributed by atoms with Crippen LogP contribution in [0.25, 0.3) is 0 Å². The topological polar surface area (TPSA) is 149 Å². The minimum Gasteiger partial charge on any atom is -0.461 e. The number of allylic oxidation sites excluding steroid dienone is 2. The SMILES string of the molecule is C[SiH](C)O[SiH](C)C.C[Si]1(C)O[Si](C)(C)C2C3CC(C4C(=O)OC(=O)C34)C21.O=C1OC(=O)C2C3C=CC(C3)C12.O=C1OC(=O)C2C3CCC(C3)C12. The largest absolute Gasteiger partial charge is 0.461 e. The van der Waals surface area contributed by atoms with Gasteiger partial charge in [-0.25, -0.2) is 0 Å². The van der Waals surface area contributed by atoms with Crippen molar-refractivity contribution >= 4 is 70.5 Å². The van der Waals surface area contributed by atoms with Crippen LogP contribution in [0.5, 0.6) is 0 Å². The lowest BCUT2D eigenvalue weighted by Gasteiger charge is -2.35. The molecule has 14 unspecified atom stereocenters. The van der Waals surface area contributed by atoms with Crippen molar-refractivity contribution in [1.29, 1.82) is 0 Å². The second kappa shape index (κ2) is 12.8. The summed E-state index contributed by atoms with van der Waals surface area (Å²) < 4.78 is 26.2. The van der Waals surface area contributed by atoms with Gasteiger partial charge in [0.2, 0.25) is 0 Å². The van der Waals surface area contributed by atoms with Gasteiger partial charge < -0.3 is 22.4 Å². The molecule has 0 aromatic rings. The molecule has 50 heavy (non-hydrogen) atoms. The maximum Gasteiger partial charge on any atom is 0.318 e. The first kappa shape index (κ1) is 36.3. The van der Waals surface area contributed by atoms with Crippen LogP contribution in [0.3, 0.4) is 0 Å². The normalized spacial score (nSPS) is 44.9. The average molecular weight is 761 g/mol. The molecule has 0 radical (unpaired) electrons. The van der Waals surface area contributed by atoms with Crippen molar-refractivity contribution in [2.75, 3.05) is 0 Å². The van der Waals surface area contributed by atoms with E-state index >= 15 is 0 Å². The summed E-state index contributed by atoms with van der Waals surface area (Å²) in [5.41, 5.74) is 1.14. The Morgan fingerprint density at radius 2 is 0.900 bits per heavy atom. The summed E-state index contributed by atoms with van der Waals surface area (Å²) in [6.07, 6.45) is 9.44. The van der Waals surface area contributed by atoms with Crippen molar-refractivity contribution in [3.05, 3.63) is 12.2 Å². The molecule has 0 N–H and O–H groups in total. The quantitative estimate of drug-likeness (QED) is 0.130. The van der Waals surface area contributed by atoms with Gasteiger partial charge in [0.25, 0.3) is 0 Å². The van der Waals surface area contributed by atoms with Crippen molar-refractivity contribution in [1.82, 2.24) is 0 Å². The lowest BCUT2D eigenvalue weighted by molar-refractivity contribution is -0.156. The highest BCUT2D eigenvalue weighted by Gasteiger charge is 2.75. The Kier molecular flexibility index (Phi) is 9.31. The molecule has 10 aliphatic rings. The van der Waals surface area contributed by atoms with Crippen molar-refractivity contribution in [3.63, 3.8) is 0 Å². The molecule has 15 heteroatoms. The van der Waals surface area contributed by atoms with Crippen molar-refractivity contribution < 1.29 is 51.2 Å². The van der Waals surface area contributed by atoms with E-state index in [1.54, 1.807) is 0 Å². The predicted octanol–water partition coefficient (Wildman–Crippen LogP) is 4.34. The zero-order chi connectivity index (χ0) is 36.2. The van der Waals surface area contributed by atoms with Gasteiger partial charge in [0.1, 0.15) is 0 Å². The number of fused-ring (bicyclic) bond motifs is 18. The van der Waals surface area contributed by atoms with Gasteiger partial charge in [0.15, 0.2) is 34.7 Å². The highest BCUT2D eigenvalue weighted by molar-refractivity contribution is 6.92. The van der Waals surface area contributed by atoms with Gasteiger partial charge in [-0.2, -0.15) is 0 Å². The Morgan fingerprint density at radius 3 is 1.26 bits per heavy atom. The van der Waals surface area contributed by atoms with Crippen LogP contribution in [0.15, 0.2) is 12.2 Å². The minimum absolute atomic E-state index is 0.0590. The number of esters is 6. The van der Waals surface area contributed by atoms with E-state index in [1.807, 2.05) is 12.2 Å². The summed E-state index contributed by atoms with van der Waals surface area (Å²) in [6, 6.07) is 0. The molecule has 11 nitrogen and oxygen atoms in total. The molecule has 4 aliphatic heterocycles. The zero-order valence-corrected chi connectivity index (χ0v) is 34.7. The molecule has 10 rings (SSSR count). The maximum atomic E-state index is 12.0. The minimum atomic E-state index is -1.73. The van der Waals surface area contributed by atoms with Crippen LogP contribution in [0.4, 0.5) is 0 Å². The Balaban J connectivity index is 0.000000111. The second-order valence-electron chi connectivity index (χ2n) is 17.8. The molecule has 0 aromatic carbocycles. The van der Waals surface area contributed by atoms with E-state index in [4.69, 9.17) is 13.0 Å². The van der Waals surface area contributed by atoms with Gasteiger partial charge in [0.05, 0.1) is 35.5 Å². The van der Waals surface area contributed by atoms with E-state index in [1.165, 1.54) is 0 Å². The molecule has 14 atom stereocenters. The van der Waals surface area contributed by atoms with Crippen LogP contribution in [-0.4, -0.2) is 70.5 Å². The standard InChI is InChI=1S/C13H20O4Si2.C9H10O3.C9H8O3.C4H14OSi2/c1-18(2)10-6-5-7(11(10)19(3,4)17-18)9-8(6)12(14)16-13(9)15;2*10-8-6-4-1-2-5(3-4)7(6)9(11)12-8;1-6(2)5-7(3)4/h6-11H,5H2,1-4H3;4-7H,1-3H2;1-2,4-7H,3H2;6-7H,1-4H3. The molecule has 9 fully saturated rings. The summed E-state index contributed by atoms with van der Waals surface area (Å²) >= 11 is 0. The Bertz CT molecular complexity index is 1420. The summed E-state index contributed by atoms with van der Waals surface area (Å²) in [5.74, 6) is -0.130. The molecule has 4 saturated heterocycles. The Morgan fingerprint density at radius 1 is 0.540 bits per heavy atom. The molecular weight excluding hydrogens is 709 g/mol. The monoisotopic (exact) mass is 760 g/mol. The van der Waals surface area contributed by atoms with E-state index in [9.17, 15) is 28.8 Å². The first-order chi connectivity index (χ1) is 23.4. The van der Waals surface area contributed by atoms with E-state index in [0.717, 1.165) is 32.1 Å². The number of ether oxygens (including phenoxy) is 3. The highest BCUT2D eigenvalue weighted by Crippen LogP contribution is 2.73. The number of carbonyl (C=O) groups is 6. The van der Waals surface area contributed by atoms with Crippen molar-refractivity contribution in [2.24, 2.45) is 71.0 Å². The molecule has 4 heterocycles. The molecule has 0 spiro atoms. The van der Waals surface area contributed by atoms with Gasteiger partial charge in [-0.3, -0.25) is 28.8 Å². The van der Waals surface area contributed by atoms with Gasteiger partial charge in [-0.15, -0.1) is 0 Å². The fourth-order valence-corrected chi connectivity index (χ4v) is 30.7. The maximum absolute atomic E-state index is 12.0. The number of hydrogen-bond acceptors (Lipinski definition) is 11. The number of rotatable bonds is 2. The molecule has 0 aromatic heterocycles. The fourth-order valence-electron chi connectivity index (χ4n) is 12.5. The summed E-state index contributed by atoms with van der Waals surface area (Å²) in [5, 5.41) is 0. The Labute approximate surface area is 299 Å². The van der Waals surface area contributed by atoms with Gasteiger partial charge in [-0.05, 0) is 131 Å². The fraction of sp³-hybridized carbons (Fsp3) is 0.771. The van der Waals surface area contributed by atoms with E-state index in [2.05, 4.69) is 61.8 Å². The first-order valence-corrected chi connectivity index (χ1v) is 30.2. The summed E-state index contributed by atoms with van der Waals surface area (Å²) in [6.45, 7) is 18.0. The molecule has 0 amide bonds. The summed E-state index contributed by atoms with van der Waals surface area (Å²) in [7, 11) is -4.79. The molecular formula is C35H52O11Si4. The lowest BCUT2D eigenvalue weighted by Crippen LogP contribution is -2.39. The summed E-state index contributed by atoms with van der Waals surface area (Å²) in [4.78, 5) is 68.7. The lowest BCUT2D eigenvalue weighted by atomic mass is 9.80. The third kappa shape index (κ3) is 5.85. The molecule has 5 saturated carbocycles. The Hall–Kier alpha value is -2.05. The zero-order valence-electron chi connectivity index (χ0n) is 30.4. The number of carbonyl (C=O) groups excluding carboxylic acids is 6. The second-order valence-corrected chi connectivity index (χ2v) is 31.7. The van der Waals surface area contributed by atoms with Crippen LogP contribution < -0.4 is 0 Å². The van der Waals surface area contributed by atoms with E-state index < -0.39 is 34.7 Å². The predicted molar refractivity (Wildman–Crippen MR) is 190 cm³/mol. The third-order valence-corrected chi connectivity index (χ3v) is 27.1. The first-order valence-electron chi connectivity index (χ1n) is 18.7. The highest BCUT2D eigenvalue weighted by atomic mass is 28.4. The van der Waals surface area contributed by atoms with Gasteiger partial charge in [-0.1, -0.05) is 12.2 Å². The van der Waals surface area contributed by atoms with Crippen LogP contribution in [0.2, 0.25) is 63.5 Å². The van der Waals surface area contributed by atoms with Crippen LogP contribution >= 0.6 is 0 Å². The van der Waals surface area contributed by atoms with Gasteiger partial charge >= 0.3 is 35.8 Å². The number of cyclic esters (lactones) is 6. The average Bonchev–Trinajstić information content (AvgIpc) is 3.84.